The van der Waals surface area contributed by atoms with Gasteiger partial charge in [0.1, 0.15) is 12.2 Å². The summed E-state index contributed by atoms with van der Waals surface area (Å²) in [4.78, 5) is 23.0. The molecule has 24 heavy (non-hydrogen) atoms. The fourth-order valence-corrected chi connectivity index (χ4v) is 2.35. The van der Waals surface area contributed by atoms with Gasteiger partial charge in [-0.15, -0.1) is 0 Å². The van der Waals surface area contributed by atoms with E-state index in [9.17, 15) is 9.59 Å². The fourth-order valence-electron chi connectivity index (χ4n) is 2.35. The first-order valence-corrected chi connectivity index (χ1v) is 7.34. The summed E-state index contributed by atoms with van der Waals surface area (Å²) in [5.41, 5.74) is 2.76. The van der Waals surface area contributed by atoms with Crippen molar-refractivity contribution in [3.63, 3.8) is 0 Å². The standard InChI is InChI=1S/C18H15N3O3/c22-17(12-21-16(18(23)24)10-11-19-21)20-15-8-6-14(7-9-15)13-4-2-1-3-5-13/h1-11H,12H2,(H,20,22)(H,23,24). The fraction of sp³-hybridized carbons (Fsp3) is 0.0556. The first-order chi connectivity index (χ1) is 11.6. The molecule has 0 spiro atoms. The van der Waals surface area contributed by atoms with Gasteiger partial charge in [-0.2, -0.15) is 5.10 Å². The summed E-state index contributed by atoms with van der Waals surface area (Å²) in [6.07, 6.45) is 1.35. The van der Waals surface area contributed by atoms with E-state index in [1.165, 1.54) is 12.3 Å². The van der Waals surface area contributed by atoms with Crippen molar-refractivity contribution in [2.75, 3.05) is 5.32 Å². The van der Waals surface area contributed by atoms with Crippen molar-refractivity contribution in [2.24, 2.45) is 0 Å². The van der Waals surface area contributed by atoms with E-state index in [4.69, 9.17) is 5.11 Å². The summed E-state index contributed by atoms with van der Waals surface area (Å²) in [7, 11) is 0. The number of amides is 1. The smallest absolute Gasteiger partial charge is 0.354 e. The minimum absolute atomic E-state index is 0.0235. The number of hydrogen-bond donors (Lipinski definition) is 2. The molecular weight excluding hydrogens is 306 g/mol. The van der Waals surface area contributed by atoms with Crippen LogP contribution in [0.1, 0.15) is 10.5 Å². The lowest BCUT2D eigenvalue weighted by Crippen LogP contribution is -2.22. The van der Waals surface area contributed by atoms with E-state index in [1.54, 1.807) is 12.1 Å². The van der Waals surface area contributed by atoms with Gasteiger partial charge >= 0.3 is 5.97 Å². The number of aromatic carboxylic acids is 1. The van der Waals surface area contributed by atoms with Gasteiger partial charge in [0.25, 0.3) is 0 Å². The lowest BCUT2D eigenvalue weighted by Gasteiger charge is -2.08. The van der Waals surface area contributed by atoms with Gasteiger partial charge < -0.3 is 10.4 Å². The molecule has 0 bridgehead atoms. The average molecular weight is 321 g/mol. The Balaban J connectivity index is 1.67. The summed E-state index contributed by atoms with van der Waals surface area (Å²) in [6, 6.07) is 18.7. The molecule has 0 saturated carbocycles. The largest absolute Gasteiger partial charge is 0.477 e. The molecule has 1 aromatic heterocycles. The van der Waals surface area contributed by atoms with Crippen LogP contribution in [0.3, 0.4) is 0 Å². The highest BCUT2D eigenvalue weighted by atomic mass is 16.4. The van der Waals surface area contributed by atoms with Crippen LogP contribution in [0.4, 0.5) is 5.69 Å². The van der Waals surface area contributed by atoms with Crippen molar-refractivity contribution >= 4 is 17.6 Å². The van der Waals surface area contributed by atoms with Gasteiger partial charge in [0.2, 0.25) is 5.91 Å². The van der Waals surface area contributed by atoms with E-state index in [2.05, 4.69) is 10.4 Å². The molecule has 1 amide bonds. The van der Waals surface area contributed by atoms with Crippen LogP contribution < -0.4 is 5.32 Å². The van der Waals surface area contributed by atoms with E-state index >= 15 is 0 Å². The summed E-state index contributed by atoms with van der Waals surface area (Å²) < 4.78 is 1.15. The number of carboxylic acids is 1. The Morgan fingerprint density at radius 2 is 1.62 bits per heavy atom. The van der Waals surface area contributed by atoms with Crippen molar-refractivity contribution in [2.45, 2.75) is 6.54 Å². The number of carbonyl (C=O) groups is 2. The predicted octanol–water partition coefficient (Wildman–Crippen LogP) is 2.89. The maximum atomic E-state index is 12.0. The molecule has 0 atom stereocenters. The number of anilines is 1. The molecule has 0 fully saturated rings. The van der Waals surface area contributed by atoms with Gasteiger partial charge in [-0.05, 0) is 29.3 Å². The maximum absolute atomic E-state index is 12.0. The number of carboxylic acid groups (broad SMARTS) is 1. The SMILES string of the molecule is O=C(Cn1nccc1C(=O)O)Nc1ccc(-c2ccccc2)cc1. The first-order valence-electron chi connectivity index (χ1n) is 7.34. The van der Waals surface area contributed by atoms with Crippen LogP contribution in [0.5, 0.6) is 0 Å². The van der Waals surface area contributed by atoms with E-state index in [0.29, 0.717) is 5.69 Å². The highest BCUT2D eigenvalue weighted by Crippen LogP contribution is 2.21. The Morgan fingerprint density at radius 1 is 0.958 bits per heavy atom. The quantitative estimate of drug-likeness (QED) is 0.757. The van der Waals surface area contributed by atoms with E-state index in [-0.39, 0.29) is 18.1 Å². The molecule has 6 heteroatoms. The number of carbonyl (C=O) groups excluding carboxylic acids is 1. The molecule has 1 heterocycles. The van der Waals surface area contributed by atoms with Gasteiger partial charge in [-0.25, -0.2) is 9.48 Å². The van der Waals surface area contributed by atoms with E-state index in [1.807, 2.05) is 42.5 Å². The topological polar surface area (TPSA) is 84.2 Å². The number of nitrogens with zero attached hydrogens (tertiary/aromatic N) is 2. The summed E-state index contributed by atoms with van der Waals surface area (Å²) >= 11 is 0. The van der Waals surface area contributed by atoms with Crippen LogP contribution in [0.15, 0.2) is 66.9 Å². The monoisotopic (exact) mass is 321 g/mol. The van der Waals surface area contributed by atoms with Crippen molar-refractivity contribution in [1.82, 2.24) is 9.78 Å². The molecule has 2 N–H and O–H groups in total. The van der Waals surface area contributed by atoms with Crippen molar-refractivity contribution in [3.8, 4) is 11.1 Å². The summed E-state index contributed by atoms with van der Waals surface area (Å²) in [6.45, 7) is -0.158. The normalized spacial score (nSPS) is 10.3. The van der Waals surface area contributed by atoms with Crippen LogP contribution in [-0.2, 0) is 11.3 Å². The molecular formula is C18H15N3O3. The van der Waals surface area contributed by atoms with E-state index in [0.717, 1.165) is 15.8 Å². The Hall–Kier alpha value is -3.41. The Labute approximate surface area is 138 Å². The third-order valence-electron chi connectivity index (χ3n) is 3.50. The Bertz CT molecular complexity index is 855. The molecule has 0 unspecified atom stereocenters. The number of benzene rings is 2. The highest BCUT2D eigenvalue weighted by Gasteiger charge is 2.13. The lowest BCUT2D eigenvalue weighted by atomic mass is 10.1. The number of nitrogens with one attached hydrogen (secondary N) is 1. The molecule has 0 saturated heterocycles. The minimum atomic E-state index is -1.12. The number of hydrogen-bond acceptors (Lipinski definition) is 3. The number of rotatable bonds is 5. The molecule has 0 radical (unpaired) electrons. The van der Waals surface area contributed by atoms with Gasteiger partial charge in [-0.1, -0.05) is 42.5 Å². The zero-order valence-corrected chi connectivity index (χ0v) is 12.7. The van der Waals surface area contributed by atoms with Gasteiger partial charge in [-0.3, -0.25) is 4.79 Å². The van der Waals surface area contributed by atoms with Crippen LogP contribution in [0.25, 0.3) is 11.1 Å². The molecule has 0 aliphatic rings. The average Bonchev–Trinajstić information content (AvgIpc) is 3.04. The third kappa shape index (κ3) is 3.49. The molecule has 3 aromatic rings. The second-order valence-corrected chi connectivity index (χ2v) is 5.17. The van der Waals surface area contributed by atoms with Crippen molar-refractivity contribution in [1.29, 1.82) is 0 Å². The summed E-state index contributed by atoms with van der Waals surface area (Å²) in [5.74, 6) is -1.46. The molecule has 0 aliphatic carbocycles. The molecule has 2 aromatic carbocycles. The molecule has 0 aliphatic heterocycles. The van der Waals surface area contributed by atoms with Crippen molar-refractivity contribution < 1.29 is 14.7 Å². The zero-order valence-electron chi connectivity index (χ0n) is 12.7. The maximum Gasteiger partial charge on any atom is 0.354 e. The van der Waals surface area contributed by atoms with Gasteiger partial charge in [0.15, 0.2) is 0 Å². The van der Waals surface area contributed by atoms with Crippen LogP contribution in [0.2, 0.25) is 0 Å². The van der Waals surface area contributed by atoms with Crippen molar-refractivity contribution in [3.05, 3.63) is 72.6 Å². The second kappa shape index (κ2) is 6.78. The highest BCUT2D eigenvalue weighted by molar-refractivity contribution is 5.92. The third-order valence-corrected chi connectivity index (χ3v) is 3.50. The van der Waals surface area contributed by atoms with Gasteiger partial charge in [0, 0.05) is 11.9 Å². The number of aromatic nitrogens is 2. The zero-order chi connectivity index (χ0) is 16.9. The summed E-state index contributed by atoms with van der Waals surface area (Å²) in [5, 5.41) is 15.6. The Kier molecular flexibility index (Phi) is 4.38. The minimum Gasteiger partial charge on any atom is -0.477 e. The van der Waals surface area contributed by atoms with Gasteiger partial charge in [0.05, 0.1) is 0 Å². The predicted molar refractivity (Wildman–Crippen MR) is 89.7 cm³/mol. The van der Waals surface area contributed by atoms with E-state index < -0.39 is 5.97 Å². The van der Waals surface area contributed by atoms with Crippen LogP contribution in [0, 0.1) is 0 Å². The molecule has 120 valence electrons. The molecule has 3 rings (SSSR count). The second-order valence-electron chi connectivity index (χ2n) is 5.17. The first kappa shape index (κ1) is 15.5. The van der Waals surface area contributed by atoms with Crippen LogP contribution >= 0.6 is 0 Å². The lowest BCUT2D eigenvalue weighted by molar-refractivity contribution is -0.116. The Morgan fingerprint density at radius 3 is 2.29 bits per heavy atom. The van der Waals surface area contributed by atoms with Crippen LogP contribution in [-0.4, -0.2) is 26.8 Å². The molecule has 6 nitrogen and oxygen atoms in total.